The molecule has 0 radical (unpaired) electrons. The zero-order valence-electron chi connectivity index (χ0n) is 16.7. The summed E-state index contributed by atoms with van der Waals surface area (Å²) >= 11 is 0. The molecular formula is C20H34N4O2. The lowest BCUT2D eigenvalue weighted by atomic mass is 10.1. The lowest BCUT2D eigenvalue weighted by Crippen LogP contribution is -2.40. The second kappa shape index (κ2) is 10.9. The summed E-state index contributed by atoms with van der Waals surface area (Å²) in [5, 5.41) is 6.84. The molecule has 1 saturated heterocycles. The zero-order valence-corrected chi connectivity index (χ0v) is 16.7. The molecule has 0 amide bonds. The van der Waals surface area contributed by atoms with E-state index in [9.17, 15) is 0 Å². The molecule has 6 nitrogen and oxygen atoms in total. The zero-order chi connectivity index (χ0) is 18.8. The van der Waals surface area contributed by atoms with Crippen LogP contribution in [0.5, 0.6) is 11.5 Å². The van der Waals surface area contributed by atoms with Gasteiger partial charge in [0.05, 0.1) is 20.8 Å². The van der Waals surface area contributed by atoms with E-state index in [1.807, 2.05) is 18.2 Å². The van der Waals surface area contributed by atoms with Crippen molar-refractivity contribution in [3.05, 3.63) is 23.8 Å². The molecule has 0 bridgehead atoms. The molecule has 1 unspecified atom stereocenters. The van der Waals surface area contributed by atoms with Crippen LogP contribution < -0.4 is 20.1 Å². The molecule has 146 valence electrons. The van der Waals surface area contributed by atoms with Crippen LogP contribution in [-0.4, -0.2) is 57.8 Å². The molecule has 0 saturated carbocycles. The number of hydrogen-bond donors (Lipinski definition) is 2. The third-order valence-electron chi connectivity index (χ3n) is 4.68. The highest BCUT2D eigenvalue weighted by Gasteiger charge is 2.21. The maximum atomic E-state index is 5.37. The van der Waals surface area contributed by atoms with E-state index in [1.54, 1.807) is 14.2 Å². The molecule has 1 atom stereocenters. The quantitative estimate of drug-likeness (QED) is 0.522. The minimum atomic E-state index is 0.600. The van der Waals surface area contributed by atoms with E-state index in [-0.39, 0.29) is 0 Å². The first kappa shape index (κ1) is 20.4. The molecule has 1 aliphatic rings. The molecule has 1 aromatic carbocycles. The van der Waals surface area contributed by atoms with Crippen LogP contribution in [0.4, 0.5) is 0 Å². The van der Waals surface area contributed by atoms with Crippen molar-refractivity contribution >= 4 is 5.96 Å². The van der Waals surface area contributed by atoms with Gasteiger partial charge in [0, 0.05) is 19.6 Å². The molecule has 1 heterocycles. The minimum absolute atomic E-state index is 0.600. The summed E-state index contributed by atoms with van der Waals surface area (Å²) in [6.45, 7) is 10.4. The van der Waals surface area contributed by atoms with E-state index < -0.39 is 0 Å². The maximum absolute atomic E-state index is 5.37. The van der Waals surface area contributed by atoms with Crippen LogP contribution in [0.25, 0.3) is 0 Å². The van der Waals surface area contributed by atoms with Crippen LogP contribution in [0.15, 0.2) is 23.2 Å². The number of ether oxygens (including phenoxy) is 2. The van der Waals surface area contributed by atoms with Crippen molar-refractivity contribution in [1.82, 2.24) is 15.5 Å². The van der Waals surface area contributed by atoms with Crippen molar-refractivity contribution in [2.24, 2.45) is 10.9 Å². The first-order chi connectivity index (χ1) is 12.7. The predicted molar refractivity (Wildman–Crippen MR) is 107 cm³/mol. The Morgan fingerprint density at radius 3 is 2.69 bits per heavy atom. The van der Waals surface area contributed by atoms with Crippen molar-refractivity contribution < 1.29 is 9.47 Å². The molecule has 6 heteroatoms. The van der Waals surface area contributed by atoms with Gasteiger partial charge >= 0.3 is 0 Å². The van der Waals surface area contributed by atoms with Crippen LogP contribution in [0, 0.1) is 5.92 Å². The molecule has 2 rings (SSSR count). The Hall–Kier alpha value is -1.95. The molecule has 1 aromatic rings. The van der Waals surface area contributed by atoms with Gasteiger partial charge in [-0.1, -0.05) is 13.0 Å². The van der Waals surface area contributed by atoms with E-state index in [2.05, 4.69) is 29.4 Å². The van der Waals surface area contributed by atoms with Crippen LogP contribution in [0.2, 0.25) is 0 Å². The van der Waals surface area contributed by atoms with E-state index in [0.29, 0.717) is 12.5 Å². The van der Waals surface area contributed by atoms with E-state index in [4.69, 9.17) is 14.5 Å². The Kier molecular flexibility index (Phi) is 8.54. The van der Waals surface area contributed by atoms with Crippen molar-refractivity contribution in [2.75, 3.05) is 46.9 Å². The number of aliphatic imine (C=N–C) groups is 1. The van der Waals surface area contributed by atoms with Gasteiger partial charge < -0.3 is 25.0 Å². The van der Waals surface area contributed by atoms with Gasteiger partial charge in [-0.05, 0) is 56.5 Å². The first-order valence-electron chi connectivity index (χ1n) is 9.65. The highest BCUT2D eigenvalue weighted by atomic mass is 16.5. The minimum Gasteiger partial charge on any atom is -0.493 e. The van der Waals surface area contributed by atoms with Gasteiger partial charge in [-0.25, -0.2) is 4.99 Å². The Bertz CT molecular complexity index is 577. The van der Waals surface area contributed by atoms with Gasteiger partial charge in [-0.2, -0.15) is 0 Å². The fourth-order valence-corrected chi connectivity index (χ4v) is 3.33. The Balaban J connectivity index is 1.90. The normalized spacial score (nSPS) is 18.0. The van der Waals surface area contributed by atoms with Crippen LogP contribution in [0.3, 0.4) is 0 Å². The monoisotopic (exact) mass is 362 g/mol. The average Bonchev–Trinajstić information content (AvgIpc) is 3.11. The van der Waals surface area contributed by atoms with E-state index in [1.165, 1.54) is 32.5 Å². The van der Waals surface area contributed by atoms with Gasteiger partial charge in [0.1, 0.15) is 0 Å². The lowest BCUT2D eigenvalue weighted by molar-refractivity contribution is 0.324. The SMILES string of the molecule is CCCN1CCC(CNC(=NCc2ccc(OC)c(OC)c2)NCC)C1. The fraction of sp³-hybridized carbons (Fsp3) is 0.650. The molecule has 26 heavy (non-hydrogen) atoms. The van der Waals surface area contributed by atoms with E-state index in [0.717, 1.165) is 36.1 Å². The molecule has 0 aromatic heterocycles. The first-order valence-corrected chi connectivity index (χ1v) is 9.65. The maximum Gasteiger partial charge on any atom is 0.191 e. The van der Waals surface area contributed by atoms with Crippen molar-refractivity contribution in [1.29, 1.82) is 0 Å². The van der Waals surface area contributed by atoms with Crippen LogP contribution in [-0.2, 0) is 6.54 Å². The molecule has 1 aliphatic heterocycles. The number of methoxy groups -OCH3 is 2. The highest BCUT2D eigenvalue weighted by Crippen LogP contribution is 2.27. The van der Waals surface area contributed by atoms with Gasteiger partial charge in [0.2, 0.25) is 0 Å². The molecule has 1 fully saturated rings. The molecule has 2 N–H and O–H groups in total. The largest absolute Gasteiger partial charge is 0.493 e. The number of nitrogens with zero attached hydrogens (tertiary/aromatic N) is 2. The number of likely N-dealkylation sites (tertiary alicyclic amines) is 1. The van der Waals surface area contributed by atoms with Crippen LogP contribution >= 0.6 is 0 Å². The summed E-state index contributed by atoms with van der Waals surface area (Å²) in [6.07, 6.45) is 2.50. The summed E-state index contributed by atoms with van der Waals surface area (Å²) in [5.41, 5.74) is 1.09. The van der Waals surface area contributed by atoms with Crippen molar-refractivity contribution in [3.63, 3.8) is 0 Å². The van der Waals surface area contributed by atoms with E-state index >= 15 is 0 Å². The summed E-state index contributed by atoms with van der Waals surface area (Å²) in [7, 11) is 3.30. The number of hydrogen-bond acceptors (Lipinski definition) is 4. The highest BCUT2D eigenvalue weighted by molar-refractivity contribution is 5.79. The second-order valence-corrected chi connectivity index (χ2v) is 6.72. The smallest absolute Gasteiger partial charge is 0.191 e. The molecular weight excluding hydrogens is 328 g/mol. The fourth-order valence-electron chi connectivity index (χ4n) is 3.33. The van der Waals surface area contributed by atoms with Gasteiger partial charge in [-0.15, -0.1) is 0 Å². The van der Waals surface area contributed by atoms with Gasteiger partial charge in [-0.3, -0.25) is 0 Å². The summed E-state index contributed by atoms with van der Waals surface area (Å²) in [6, 6.07) is 5.92. The standard InChI is InChI=1S/C20H34N4O2/c1-5-10-24-11-9-17(15-24)14-23-20(21-6-2)22-13-16-7-8-18(25-3)19(12-16)26-4/h7-8,12,17H,5-6,9-11,13-15H2,1-4H3,(H2,21,22,23). The number of guanidine groups is 1. The molecule has 0 aliphatic carbocycles. The average molecular weight is 363 g/mol. The third kappa shape index (κ3) is 6.09. The Labute approximate surface area is 158 Å². The van der Waals surface area contributed by atoms with Crippen LogP contribution in [0.1, 0.15) is 32.3 Å². The third-order valence-corrected chi connectivity index (χ3v) is 4.68. The van der Waals surface area contributed by atoms with Crippen molar-refractivity contribution in [3.8, 4) is 11.5 Å². The van der Waals surface area contributed by atoms with Gasteiger partial charge in [0.25, 0.3) is 0 Å². The summed E-state index contributed by atoms with van der Waals surface area (Å²) in [4.78, 5) is 7.27. The number of benzene rings is 1. The summed E-state index contributed by atoms with van der Waals surface area (Å²) in [5.74, 6) is 3.05. The topological polar surface area (TPSA) is 58.1 Å². The van der Waals surface area contributed by atoms with Crippen molar-refractivity contribution in [2.45, 2.75) is 33.2 Å². The van der Waals surface area contributed by atoms with Gasteiger partial charge in [0.15, 0.2) is 17.5 Å². The Morgan fingerprint density at radius 2 is 2.00 bits per heavy atom. The number of nitrogens with one attached hydrogen (secondary N) is 2. The molecule has 0 spiro atoms. The number of rotatable bonds is 9. The second-order valence-electron chi connectivity index (χ2n) is 6.72. The Morgan fingerprint density at radius 1 is 1.19 bits per heavy atom. The summed E-state index contributed by atoms with van der Waals surface area (Å²) < 4.78 is 10.7. The lowest BCUT2D eigenvalue weighted by Gasteiger charge is -2.17. The predicted octanol–water partition coefficient (Wildman–Crippen LogP) is 2.49.